The minimum Gasteiger partial charge on any atom is -0.508 e. The molecular weight excluding hydrogens is 809 g/mol. The van der Waals surface area contributed by atoms with E-state index >= 15 is 0 Å². The summed E-state index contributed by atoms with van der Waals surface area (Å²) >= 11 is 3.49. The number of carbonyl (C=O) groups is 1. The third-order valence-corrected chi connectivity index (χ3v) is 13.0. The first-order valence-electron chi connectivity index (χ1n) is 20.9. The van der Waals surface area contributed by atoms with Gasteiger partial charge in [0.2, 0.25) is 0 Å². The van der Waals surface area contributed by atoms with Crippen molar-refractivity contribution in [3.8, 4) is 28.3 Å². The minimum atomic E-state index is -0.888. The van der Waals surface area contributed by atoms with Crippen molar-refractivity contribution in [1.29, 1.82) is 0 Å². The molecule has 0 saturated carbocycles. The van der Waals surface area contributed by atoms with Crippen molar-refractivity contribution in [2.75, 3.05) is 18.1 Å². The number of carbonyl (C=O) groups excluding carboxylic acids is 1. The summed E-state index contributed by atoms with van der Waals surface area (Å²) in [6, 6.07) is 55.3. The Morgan fingerprint density at radius 1 is 0.710 bits per heavy atom. The van der Waals surface area contributed by atoms with Crippen LogP contribution in [0.2, 0.25) is 0 Å². The lowest BCUT2D eigenvalue weighted by Crippen LogP contribution is -2.39. The fourth-order valence-electron chi connectivity index (χ4n) is 7.98. The van der Waals surface area contributed by atoms with Crippen LogP contribution >= 0.6 is 23.5 Å². The number of hydrogen-bond acceptors (Lipinski definition) is 9. The number of phenols is 1. The van der Waals surface area contributed by atoms with Crippen molar-refractivity contribution in [1.82, 2.24) is 29.8 Å². The molecule has 0 bridgehead atoms. The highest BCUT2D eigenvalue weighted by Gasteiger charge is 2.42. The molecular formula is C51H48N6O3S2. The van der Waals surface area contributed by atoms with Crippen molar-refractivity contribution in [3.63, 3.8) is 0 Å². The van der Waals surface area contributed by atoms with E-state index in [1.54, 1.807) is 35.7 Å². The molecule has 2 aromatic heterocycles. The summed E-state index contributed by atoms with van der Waals surface area (Å²) in [5.41, 5.74) is 7.42. The van der Waals surface area contributed by atoms with Crippen molar-refractivity contribution >= 4 is 29.5 Å². The minimum absolute atomic E-state index is 0.263. The molecule has 2 heterocycles. The molecule has 0 atom stereocenters. The molecule has 0 saturated heterocycles. The van der Waals surface area contributed by atoms with Crippen LogP contribution in [-0.2, 0) is 29.0 Å². The van der Waals surface area contributed by atoms with Crippen molar-refractivity contribution in [2.45, 2.75) is 49.4 Å². The van der Waals surface area contributed by atoms with Gasteiger partial charge in [0.1, 0.15) is 17.1 Å². The van der Waals surface area contributed by atoms with Crippen LogP contribution in [-0.4, -0.2) is 58.9 Å². The zero-order valence-electron chi connectivity index (χ0n) is 34.8. The molecule has 0 amide bonds. The fourth-order valence-corrected chi connectivity index (χ4v) is 9.89. The predicted molar refractivity (Wildman–Crippen MR) is 250 cm³/mol. The number of benzene rings is 6. The number of ether oxygens (including phenoxy) is 1. The van der Waals surface area contributed by atoms with E-state index in [1.165, 1.54) is 0 Å². The van der Waals surface area contributed by atoms with Crippen molar-refractivity contribution in [2.24, 2.45) is 0 Å². The number of nitrogens with zero attached hydrogens (tertiary/aromatic N) is 6. The number of aromatic hydroxyl groups is 1. The maximum absolute atomic E-state index is 13.6. The Kier molecular flexibility index (Phi) is 13.6. The Morgan fingerprint density at radius 2 is 1.31 bits per heavy atom. The first kappa shape index (κ1) is 42.3. The van der Waals surface area contributed by atoms with Crippen LogP contribution in [0.1, 0.15) is 64.5 Å². The van der Waals surface area contributed by atoms with E-state index in [0.717, 1.165) is 79.7 Å². The maximum atomic E-state index is 13.6. The number of hydrogen-bond donors (Lipinski definition) is 1. The van der Waals surface area contributed by atoms with Gasteiger partial charge in [-0.3, -0.25) is 0 Å². The monoisotopic (exact) mass is 856 g/mol. The topological polar surface area (TPSA) is 108 Å². The molecule has 0 spiro atoms. The Bertz CT molecular complexity index is 2590. The van der Waals surface area contributed by atoms with Crippen molar-refractivity contribution < 1.29 is 14.6 Å². The summed E-state index contributed by atoms with van der Waals surface area (Å²) < 4.78 is 9.65. The lowest BCUT2D eigenvalue weighted by Gasteiger charge is -2.36. The third-order valence-electron chi connectivity index (χ3n) is 10.8. The third kappa shape index (κ3) is 8.96. The van der Waals surface area contributed by atoms with Gasteiger partial charge in [-0.2, -0.15) is 11.8 Å². The normalized spacial score (nSPS) is 11.5. The second-order valence-corrected chi connectivity index (χ2v) is 17.0. The van der Waals surface area contributed by atoms with E-state index in [-0.39, 0.29) is 18.3 Å². The molecule has 8 rings (SSSR count). The highest BCUT2D eigenvalue weighted by Crippen LogP contribution is 2.43. The van der Waals surface area contributed by atoms with E-state index in [9.17, 15) is 9.90 Å². The average molecular weight is 857 g/mol. The van der Waals surface area contributed by atoms with Gasteiger partial charge in [-0.15, -0.1) is 16.9 Å². The smallest absolute Gasteiger partial charge is 0.356 e. The van der Waals surface area contributed by atoms with Gasteiger partial charge in [0, 0.05) is 40.7 Å². The number of tetrazole rings is 1. The molecule has 62 heavy (non-hydrogen) atoms. The number of aryl methyl sites for hydroxylation is 1. The van der Waals surface area contributed by atoms with E-state index in [2.05, 4.69) is 126 Å². The van der Waals surface area contributed by atoms with Gasteiger partial charge in [0.15, 0.2) is 11.5 Å². The van der Waals surface area contributed by atoms with Crippen LogP contribution in [0, 0.1) is 0 Å². The van der Waals surface area contributed by atoms with Gasteiger partial charge in [0.05, 0.1) is 12.3 Å². The van der Waals surface area contributed by atoms with Crippen LogP contribution < -0.4 is 0 Å². The second kappa shape index (κ2) is 20.0. The zero-order valence-corrected chi connectivity index (χ0v) is 36.4. The molecule has 312 valence electrons. The Labute approximate surface area is 371 Å². The molecule has 1 N–H and O–H groups in total. The van der Waals surface area contributed by atoms with Crippen LogP contribution in [0.25, 0.3) is 22.5 Å². The lowest BCUT2D eigenvalue weighted by molar-refractivity contribution is 0.0513. The van der Waals surface area contributed by atoms with Gasteiger partial charge >= 0.3 is 5.97 Å². The van der Waals surface area contributed by atoms with E-state index in [1.807, 2.05) is 54.1 Å². The van der Waals surface area contributed by atoms with Gasteiger partial charge in [-0.25, -0.2) is 14.5 Å². The molecule has 0 aliphatic heterocycles. The highest BCUT2D eigenvalue weighted by atomic mass is 32.2. The van der Waals surface area contributed by atoms with Gasteiger partial charge in [0.25, 0.3) is 0 Å². The first-order valence-corrected chi connectivity index (χ1v) is 23.0. The number of aromatic nitrogens is 6. The van der Waals surface area contributed by atoms with Gasteiger partial charge in [-0.05, 0) is 81.4 Å². The fraction of sp³-hybridized carbons (Fsp3) is 0.196. The summed E-state index contributed by atoms with van der Waals surface area (Å²) in [5.74, 6) is 3.80. The van der Waals surface area contributed by atoms with Gasteiger partial charge < -0.3 is 14.4 Å². The number of imidazole rings is 1. The number of thioether (sulfide) groups is 2. The summed E-state index contributed by atoms with van der Waals surface area (Å²) in [6.07, 6.45) is 1.63. The molecule has 0 radical (unpaired) electrons. The average Bonchev–Trinajstić information content (AvgIpc) is 3.94. The van der Waals surface area contributed by atoms with Crippen LogP contribution in [0.3, 0.4) is 0 Å². The highest BCUT2D eigenvalue weighted by molar-refractivity contribution is 8.02. The SMILES string of the molecule is CCCc1nc(CSCCSc2ccc(O)cc2)c(C(=O)OCC)n1Cc1ccc(-c2ccccc2-c2nnnn2C(c2ccccc2)(c2ccccc2)c2ccccc2)cc1. The Balaban J connectivity index is 1.11. The Hall–Kier alpha value is -6.43. The summed E-state index contributed by atoms with van der Waals surface area (Å²) in [6.45, 7) is 4.72. The predicted octanol–water partition coefficient (Wildman–Crippen LogP) is 11.0. The molecule has 6 aromatic carbocycles. The first-order chi connectivity index (χ1) is 30.5. The van der Waals surface area contributed by atoms with Gasteiger partial charge in [-0.1, -0.05) is 146 Å². The summed E-state index contributed by atoms with van der Waals surface area (Å²) in [7, 11) is 0. The van der Waals surface area contributed by atoms with Crippen molar-refractivity contribution in [3.05, 3.63) is 203 Å². The standard InChI is InChI=1S/C51H48N6O3S2/c1-3-16-47-52-46(36-61-33-34-62-43-31-29-42(58)30-32-43)48(50(59)60-4-2)56(47)35-37-25-27-38(28-26-37)44-23-14-15-24-45(44)49-53-54-55-57(49)51(39-17-8-5-9-18-39,40-19-10-6-11-20-40)41-21-12-7-13-22-41/h5-15,17-32,58H,3-4,16,33-36H2,1-2H3. The quantitative estimate of drug-likeness (QED) is 0.0390. The zero-order chi connectivity index (χ0) is 42.7. The number of rotatable bonds is 18. The van der Waals surface area contributed by atoms with Crippen LogP contribution in [0.4, 0.5) is 0 Å². The van der Waals surface area contributed by atoms with E-state index < -0.39 is 5.54 Å². The maximum Gasteiger partial charge on any atom is 0.356 e. The molecule has 11 heteroatoms. The largest absolute Gasteiger partial charge is 0.508 e. The van der Waals surface area contributed by atoms with E-state index in [0.29, 0.717) is 23.8 Å². The molecule has 0 aliphatic carbocycles. The Morgan fingerprint density at radius 3 is 1.90 bits per heavy atom. The molecule has 0 aliphatic rings. The molecule has 0 fully saturated rings. The molecule has 0 unspecified atom stereocenters. The molecule has 9 nitrogen and oxygen atoms in total. The number of phenolic OH excluding ortho intramolecular Hbond substituents is 1. The summed E-state index contributed by atoms with van der Waals surface area (Å²) in [5, 5.41) is 23.5. The van der Waals surface area contributed by atoms with E-state index in [4.69, 9.17) is 20.0 Å². The van der Waals surface area contributed by atoms with Crippen LogP contribution in [0.5, 0.6) is 5.75 Å². The van der Waals surface area contributed by atoms with Crippen LogP contribution in [0.15, 0.2) is 169 Å². The molecule has 8 aromatic rings. The second-order valence-electron chi connectivity index (χ2n) is 14.7. The lowest BCUT2D eigenvalue weighted by atomic mass is 9.77. The number of esters is 1. The summed E-state index contributed by atoms with van der Waals surface area (Å²) in [4.78, 5) is 19.8.